The summed E-state index contributed by atoms with van der Waals surface area (Å²) < 4.78 is 5.47. The number of fused-ring (bicyclic) bond motifs is 1. The van der Waals surface area contributed by atoms with Gasteiger partial charge in [-0.1, -0.05) is 0 Å². The van der Waals surface area contributed by atoms with Crippen LogP contribution in [0.4, 0.5) is 11.8 Å². The summed E-state index contributed by atoms with van der Waals surface area (Å²) in [6, 6.07) is 2.01. The van der Waals surface area contributed by atoms with Gasteiger partial charge in [0, 0.05) is 52.3 Å². The van der Waals surface area contributed by atoms with E-state index in [9.17, 15) is 4.79 Å². The Balaban J connectivity index is 1.61. The van der Waals surface area contributed by atoms with Crippen molar-refractivity contribution in [3.8, 4) is 0 Å². The molecule has 0 N–H and O–H groups in total. The van der Waals surface area contributed by atoms with E-state index >= 15 is 0 Å². The fraction of sp³-hybridized carbons (Fsp3) is 0.550. The van der Waals surface area contributed by atoms with Gasteiger partial charge in [-0.15, -0.1) is 11.3 Å². The number of morpholine rings is 1. The Kier molecular flexibility index (Phi) is 5.50. The Morgan fingerprint density at radius 3 is 2.57 bits per heavy atom. The van der Waals surface area contributed by atoms with Gasteiger partial charge >= 0.3 is 0 Å². The van der Waals surface area contributed by atoms with Crippen LogP contribution in [0.3, 0.4) is 0 Å². The fourth-order valence-electron chi connectivity index (χ4n) is 3.78. The highest BCUT2D eigenvalue weighted by Crippen LogP contribution is 2.27. The summed E-state index contributed by atoms with van der Waals surface area (Å²) >= 11 is 1.53. The summed E-state index contributed by atoms with van der Waals surface area (Å²) in [5.74, 6) is 1.88. The summed E-state index contributed by atoms with van der Waals surface area (Å²) in [7, 11) is 4.04. The number of anilines is 2. The zero-order valence-electron chi connectivity index (χ0n) is 16.8. The minimum atomic E-state index is 0.132. The van der Waals surface area contributed by atoms with Crippen molar-refractivity contribution in [1.29, 1.82) is 0 Å². The second-order valence-corrected chi connectivity index (χ2v) is 8.41. The molecule has 0 aliphatic carbocycles. The number of aryl methyl sites for hydroxylation is 1. The maximum absolute atomic E-state index is 13.0. The summed E-state index contributed by atoms with van der Waals surface area (Å²) in [4.78, 5) is 29.8. The van der Waals surface area contributed by atoms with E-state index in [2.05, 4.69) is 9.80 Å². The SMILES string of the molecule is Cc1ccsc1C(=O)N1CCc2nc(N3CCOCC3)nc(N(C)C)c2CC1. The molecule has 150 valence electrons. The second-order valence-electron chi connectivity index (χ2n) is 7.49. The molecule has 1 fully saturated rings. The van der Waals surface area contributed by atoms with Gasteiger partial charge in [0.1, 0.15) is 5.82 Å². The first-order chi connectivity index (χ1) is 13.5. The predicted octanol–water partition coefficient (Wildman–Crippen LogP) is 1.99. The molecule has 1 saturated heterocycles. The fourth-order valence-corrected chi connectivity index (χ4v) is 4.67. The molecule has 0 aromatic carbocycles. The van der Waals surface area contributed by atoms with Gasteiger partial charge in [0.15, 0.2) is 0 Å². The first kappa shape index (κ1) is 19.1. The molecule has 0 radical (unpaired) electrons. The first-order valence-corrected chi connectivity index (χ1v) is 10.7. The van der Waals surface area contributed by atoms with Crippen molar-refractivity contribution in [2.24, 2.45) is 0 Å². The molecule has 0 spiro atoms. The Morgan fingerprint density at radius 2 is 1.89 bits per heavy atom. The van der Waals surface area contributed by atoms with Gasteiger partial charge in [0.05, 0.1) is 23.8 Å². The van der Waals surface area contributed by atoms with E-state index < -0.39 is 0 Å². The molecule has 28 heavy (non-hydrogen) atoms. The highest BCUT2D eigenvalue weighted by atomic mass is 32.1. The van der Waals surface area contributed by atoms with Crippen LogP contribution >= 0.6 is 11.3 Å². The number of hydrogen-bond donors (Lipinski definition) is 0. The first-order valence-electron chi connectivity index (χ1n) is 9.78. The van der Waals surface area contributed by atoms with E-state index in [1.165, 1.54) is 16.9 Å². The largest absolute Gasteiger partial charge is 0.378 e. The number of ether oxygens (including phenoxy) is 1. The van der Waals surface area contributed by atoms with E-state index in [0.717, 1.165) is 53.8 Å². The van der Waals surface area contributed by atoms with Gasteiger partial charge in [-0.25, -0.2) is 4.98 Å². The summed E-state index contributed by atoms with van der Waals surface area (Å²) in [5, 5.41) is 1.99. The van der Waals surface area contributed by atoms with Gasteiger partial charge in [-0.05, 0) is 30.4 Å². The topological polar surface area (TPSA) is 61.8 Å². The normalized spacial score (nSPS) is 17.2. The van der Waals surface area contributed by atoms with E-state index in [-0.39, 0.29) is 5.91 Å². The summed E-state index contributed by atoms with van der Waals surface area (Å²) in [6.07, 6.45) is 1.54. The summed E-state index contributed by atoms with van der Waals surface area (Å²) in [6.45, 7) is 6.43. The van der Waals surface area contributed by atoms with E-state index in [0.29, 0.717) is 26.3 Å². The predicted molar refractivity (Wildman–Crippen MR) is 112 cm³/mol. The maximum atomic E-state index is 13.0. The molecule has 0 unspecified atom stereocenters. The molecule has 4 rings (SSSR count). The second kappa shape index (κ2) is 8.05. The molecule has 4 heterocycles. The highest BCUT2D eigenvalue weighted by Gasteiger charge is 2.26. The minimum Gasteiger partial charge on any atom is -0.378 e. The van der Waals surface area contributed by atoms with Gasteiger partial charge in [0.2, 0.25) is 5.95 Å². The Labute approximate surface area is 169 Å². The Hall–Kier alpha value is -2.19. The van der Waals surface area contributed by atoms with Gasteiger partial charge in [-0.3, -0.25) is 4.79 Å². The smallest absolute Gasteiger partial charge is 0.264 e. The van der Waals surface area contributed by atoms with Crippen LogP contribution in [0.2, 0.25) is 0 Å². The van der Waals surface area contributed by atoms with E-state index in [4.69, 9.17) is 14.7 Å². The Bertz CT molecular complexity index is 860. The molecule has 2 aromatic rings. The van der Waals surface area contributed by atoms with Crippen molar-refractivity contribution in [3.05, 3.63) is 33.1 Å². The van der Waals surface area contributed by atoms with Crippen LogP contribution in [0.25, 0.3) is 0 Å². The molecule has 2 aromatic heterocycles. The number of rotatable bonds is 3. The minimum absolute atomic E-state index is 0.132. The molecule has 0 bridgehead atoms. The number of thiophene rings is 1. The quantitative estimate of drug-likeness (QED) is 0.784. The van der Waals surface area contributed by atoms with E-state index in [1.807, 2.05) is 37.4 Å². The third kappa shape index (κ3) is 3.71. The summed E-state index contributed by atoms with van der Waals surface area (Å²) in [5.41, 5.74) is 3.29. The molecular formula is C20H27N5O2S. The molecule has 8 heteroatoms. The lowest BCUT2D eigenvalue weighted by Crippen LogP contribution is -2.38. The lowest BCUT2D eigenvalue weighted by Gasteiger charge is -2.28. The van der Waals surface area contributed by atoms with Crippen LogP contribution in [0.5, 0.6) is 0 Å². The van der Waals surface area contributed by atoms with Crippen LogP contribution in [0.1, 0.15) is 26.5 Å². The molecule has 1 amide bonds. The lowest BCUT2D eigenvalue weighted by atomic mass is 10.1. The number of carbonyl (C=O) groups is 1. The van der Waals surface area contributed by atoms with Crippen molar-refractivity contribution in [2.75, 3.05) is 63.3 Å². The number of hydrogen-bond acceptors (Lipinski definition) is 7. The molecule has 0 atom stereocenters. The molecule has 2 aliphatic rings. The average molecular weight is 402 g/mol. The highest BCUT2D eigenvalue weighted by molar-refractivity contribution is 7.12. The zero-order valence-corrected chi connectivity index (χ0v) is 17.6. The molecular weight excluding hydrogens is 374 g/mol. The van der Waals surface area contributed by atoms with Crippen LogP contribution < -0.4 is 9.80 Å². The number of aromatic nitrogens is 2. The number of nitrogens with zero attached hydrogens (tertiary/aromatic N) is 5. The van der Waals surface area contributed by atoms with Crippen molar-refractivity contribution in [3.63, 3.8) is 0 Å². The zero-order chi connectivity index (χ0) is 19.7. The lowest BCUT2D eigenvalue weighted by molar-refractivity contribution is 0.0767. The van der Waals surface area contributed by atoms with E-state index in [1.54, 1.807) is 0 Å². The number of carbonyl (C=O) groups excluding carboxylic acids is 1. The van der Waals surface area contributed by atoms with Crippen LogP contribution in [-0.2, 0) is 17.6 Å². The average Bonchev–Trinajstić information content (AvgIpc) is 3.02. The molecule has 2 aliphatic heterocycles. The van der Waals surface area contributed by atoms with Crippen molar-refractivity contribution >= 4 is 29.0 Å². The van der Waals surface area contributed by atoms with Crippen LogP contribution in [0, 0.1) is 6.92 Å². The monoisotopic (exact) mass is 401 g/mol. The number of amides is 1. The third-order valence-corrected chi connectivity index (χ3v) is 6.37. The maximum Gasteiger partial charge on any atom is 0.264 e. The van der Waals surface area contributed by atoms with Crippen molar-refractivity contribution in [1.82, 2.24) is 14.9 Å². The Morgan fingerprint density at radius 1 is 1.14 bits per heavy atom. The van der Waals surface area contributed by atoms with Crippen LogP contribution in [-0.4, -0.2) is 74.3 Å². The van der Waals surface area contributed by atoms with Gasteiger partial charge in [0.25, 0.3) is 5.91 Å². The third-order valence-electron chi connectivity index (χ3n) is 5.37. The molecule has 0 saturated carbocycles. The van der Waals surface area contributed by atoms with Gasteiger partial charge < -0.3 is 19.4 Å². The standard InChI is InChI=1S/C20H27N5O2S/c1-14-6-13-28-17(14)19(26)24-7-4-15-16(5-8-24)21-20(22-18(15)23(2)3)25-9-11-27-12-10-25/h6,13H,4-5,7-12H2,1-3H3. The van der Waals surface area contributed by atoms with Crippen LogP contribution in [0.15, 0.2) is 11.4 Å². The molecule has 7 nitrogen and oxygen atoms in total. The van der Waals surface area contributed by atoms with Gasteiger partial charge in [-0.2, -0.15) is 4.98 Å². The van der Waals surface area contributed by atoms with Crippen molar-refractivity contribution < 1.29 is 9.53 Å². The van der Waals surface area contributed by atoms with Crippen molar-refractivity contribution in [2.45, 2.75) is 19.8 Å².